The molecule has 0 aliphatic heterocycles. The molecule has 0 radical (unpaired) electrons. The van der Waals surface area contributed by atoms with Gasteiger partial charge in [-0.15, -0.1) is 0 Å². The van der Waals surface area contributed by atoms with Crippen LogP contribution in [0, 0.1) is 0 Å². The second-order valence-electron chi connectivity index (χ2n) is 3.63. The molecule has 18 heavy (non-hydrogen) atoms. The Morgan fingerprint density at radius 3 is 2.67 bits per heavy atom. The van der Waals surface area contributed by atoms with E-state index in [1.807, 2.05) is 0 Å². The summed E-state index contributed by atoms with van der Waals surface area (Å²) in [6, 6.07) is 6.85. The lowest BCUT2D eigenvalue weighted by Crippen LogP contribution is -2.16. The minimum Gasteiger partial charge on any atom is -0.485 e. The molecule has 0 fully saturated rings. The first-order valence-corrected chi connectivity index (χ1v) is 6.34. The standard InChI is InChI=1S/C12H10BrClN2O2/c1-16-12(10(13)6-15-16)11(17)7-18-9-4-2-8(14)3-5-9/h2-6H,7H2,1H3. The number of ether oxygens (including phenoxy) is 1. The maximum Gasteiger partial charge on any atom is 0.219 e. The lowest BCUT2D eigenvalue weighted by Gasteiger charge is -2.06. The van der Waals surface area contributed by atoms with Gasteiger partial charge in [0, 0.05) is 12.1 Å². The van der Waals surface area contributed by atoms with Gasteiger partial charge in [-0.2, -0.15) is 5.10 Å². The van der Waals surface area contributed by atoms with Crippen LogP contribution in [0.1, 0.15) is 10.5 Å². The molecule has 94 valence electrons. The Morgan fingerprint density at radius 1 is 1.44 bits per heavy atom. The van der Waals surface area contributed by atoms with Gasteiger partial charge in [-0.25, -0.2) is 0 Å². The van der Waals surface area contributed by atoms with Crippen molar-refractivity contribution in [3.63, 3.8) is 0 Å². The molecule has 0 bridgehead atoms. The smallest absolute Gasteiger partial charge is 0.219 e. The zero-order chi connectivity index (χ0) is 13.1. The van der Waals surface area contributed by atoms with Gasteiger partial charge in [0.2, 0.25) is 5.78 Å². The SMILES string of the molecule is Cn1ncc(Br)c1C(=O)COc1ccc(Cl)cc1. The topological polar surface area (TPSA) is 44.1 Å². The third-order valence-corrected chi connectivity index (χ3v) is 3.17. The summed E-state index contributed by atoms with van der Waals surface area (Å²) < 4.78 is 7.56. The Labute approximate surface area is 118 Å². The number of ketones is 1. The summed E-state index contributed by atoms with van der Waals surface area (Å²) in [6.07, 6.45) is 1.58. The van der Waals surface area contributed by atoms with Crippen molar-refractivity contribution in [1.82, 2.24) is 9.78 Å². The van der Waals surface area contributed by atoms with Crippen LogP contribution in [0.2, 0.25) is 5.02 Å². The van der Waals surface area contributed by atoms with E-state index in [9.17, 15) is 4.79 Å². The van der Waals surface area contributed by atoms with Gasteiger partial charge in [0.05, 0.1) is 10.7 Å². The molecule has 1 aromatic heterocycles. The highest BCUT2D eigenvalue weighted by Crippen LogP contribution is 2.18. The number of carbonyl (C=O) groups is 1. The summed E-state index contributed by atoms with van der Waals surface area (Å²) in [7, 11) is 1.71. The highest BCUT2D eigenvalue weighted by atomic mass is 79.9. The van der Waals surface area contributed by atoms with Gasteiger partial charge in [0.15, 0.2) is 6.61 Å². The van der Waals surface area contributed by atoms with Crippen LogP contribution in [-0.4, -0.2) is 22.2 Å². The molecule has 1 aromatic carbocycles. The van der Waals surface area contributed by atoms with Gasteiger partial charge in [-0.05, 0) is 40.2 Å². The Bertz CT molecular complexity index is 546. The number of aromatic nitrogens is 2. The van der Waals surface area contributed by atoms with Crippen LogP contribution in [0.5, 0.6) is 5.75 Å². The summed E-state index contributed by atoms with van der Waals surface area (Å²) in [4.78, 5) is 11.9. The van der Waals surface area contributed by atoms with Crippen LogP contribution < -0.4 is 4.74 Å². The Balaban J connectivity index is 2.03. The van der Waals surface area contributed by atoms with E-state index >= 15 is 0 Å². The molecule has 2 aromatic rings. The predicted molar refractivity (Wildman–Crippen MR) is 72.2 cm³/mol. The van der Waals surface area contributed by atoms with Crippen molar-refractivity contribution in [2.45, 2.75) is 0 Å². The molecule has 0 N–H and O–H groups in total. The fourth-order valence-corrected chi connectivity index (χ4v) is 2.17. The first-order valence-electron chi connectivity index (χ1n) is 5.17. The number of rotatable bonds is 4. The molecule has 6 heteroatoms. The van der Waals surface area contributed by atoms with Gasteiger partial charge in [0.25, 0.3) is 0 Å². The minimum absolute atomic E-state index is 0.0419. The summed E-state index contributed by atoms with van der Waals surface area (Å²) in [5.41, 5.74) is 0.490. The molecule has 0 amide bonds. The fraction of sp³-hybridized carbons (Fsp3) is 0.167. The van der Waals surface area contributed by atoms with Crippen LogP contribution in [0.25, 0.3) is 0 Å². The molecule has 0 unspecified atom stereocenters. The van der Waals surface area contributed by atoms with Crippen molar-refractivity contribution in [1.29, 1.82) is 0 Å². The highest BCUT2D eigenvalue weighted by Gasteiger charge is 2.15. The van der Waals surface area contributed by atoms with Gasteiger partial charge >= 0.3 is 0 Å². The maximum atomic E-state index is 11.9. The third kappa shape index (κ3) is 2.91. The molecular weight excluding hydrogens is 320 g/mol. The number of hydrogen-bond acceptors (Lipinski definition) is 3. The monoisotopic (exact) mass is 328 g/mol. The lowest BCUT2D eigenvalue weighted by atomic mass is 10.3. The Morgan fingerprint density at radius 2 is 2.11 bits per heavy atom. The van der Waals surface area contributed by atoms with Crippen molar-refractivity contribution < 1.29 is 9.53 Å². The number of hydrogen-bond donors (Lipinski definition) is 0. The van der Waals surface area contributed by atoms with Crippen LogP contribution >= 0.6 is 27.5 Å². The fourth-order valence-electron chi connectivity index (χ4n) is 1.47. The van der Waals surface area contributed by atoms with E-state index in [2.05, 4.69) is 21.0 Å². The van der Waals surface area contributed by atoms with E-state index in [-0.39, 0.29) is 12.4 Å². The molecule has 0 aliphatic rings. The summed E-state index contributed by atoms with van der Waals surface area (Å²) in [6.45, 7) is -0.0419. The third-order valence-electron chi connectivity index (χ3n) is 2.34. The van der Waals surface area contributed by atoms with E-state index in [4.69, 9.17) is 16.3 Å². The normalized spacial score (nSPS) is 10.4. The number of benzene rings is 1. The molecule has 4 nitrogen and oxygen atoms in total. The number of carbonyl (C=O) groups excluding carboxylic acids is 1. The van der Waals surface area contributed by atoms with Crippen LogP contribution in [0.3, 0.4) is 0 Å². The Kier molecular flexibility index (Phi) is 4.04. The van der Waals surface area contributed by atoms with Crippen molar-refractivity contribution in [2.75, 3.05) is 6.61 Å². The summed E-state index contributed by atoms with van der Waals surface area (Å²) in [5.74, 6) is 0.461. The molecule has 0 spiro atoms. The number of aryl methyl sites for hydroxylation is 1. The largest absolute Gasteiger partial charge is 0.485 e. The van der Waals surface area contributed by atoms with Crippen LogP contribution in [-0.2, 0) is 7.05 Å². The Hall–Kier alpha value is -1.33. The van der Waals surface area contributed by atoms with E-state index in [0.29, 0.717) is 20.9 Å². The number of halogens is 2. The van der Waals surface area contributed by atoms with E-state index < -0.39 is 0 Å². The van der Waals surface area contributed by atoms with Gasteiger partial charge < -0.3 is 4.74 Å². The zero-order valence-electron chi connectivity index (χ0n) is 9.56. The molecule has 2 rings (SSSR count). The van der Waals surface area contributed by atoms with Crippen molar-refractivity contribution >= 4 is 33.3 Å². The van der Waals surface area contributed by atoms with Crippen molar-refractivity contribution in [3.05, 3.63) is 45.7 Å². The van der Waals surface area contributed by atoms with Gasteiger partial charge in [0.1, 0.15) is 11.4 Å². The molecule has 0 saturated carbocycles. The van der Waals surface area contributed by atoms with Crippen molar-refractivity contribution in [2.24, 2.45) is 7.05 Å². The predicted octanol–water partition coefficient (Wildman–Crippen LogP) is 3.10. The second kappa shape index (κ2) is 5.54. The zero-order valence-corrected chi connectivity index (χ0v) is 11.9. The first kappa shape index (κ1) is 13.1. The quantitative estimate of drug-likeness (QED) is 0.810. The maximum absolute atomic E-state index is 11.9. The minimum atomic E-state index is -0.142. The van der Waals surface area contributed by atoms with E-state index in [1.165, 1.54) is 4.68 Å². The molecule has 0 atom stereocenters. The average molecular weight is 330 g/mol. The van der Waals surface area contributed by atoms with E-state index in [1.54, 1.807) is 37.5 Å². The molecule has 1 heterocycles. The average Bonchev–Trinajstić information content (AvgIpc) is 2.68. The lowest BCUT2D eigenvalue weighted by molar-refractivity contribution is 0.0911. The van der Waals surface area contributed by atoms with E-state index in [0.717, 1.165) is 0 Å². The highest BCUT2D eigenvalue weighted by molar-refractivity contribution is 9.10. The van der Waals surface area contributed by atoms with Gasteiger partial charge in [-0.1, -0.05) is 11.6 Å². The second-order valence-corrected chi connectivity index (χ2v) is 4.92. The number of Topliss-reactive ketones (excluding diaryl/α,β-unsaturated/α-hetero) is 1. The van der Waals surface area contributed by atoms with Crippen LogP contribution in [0.15, 0.2) is 34.9 Å². The first-order chi connectivity index (χ1) is 8.58. The van der Waals surface area contributed by atoms with Crippen LogP contribution in [0.4, 0.5) is 0 Å². The molecule has 0 saturated heterocycles. The summed E-state index contributed by atoms with van der Waals surface area (Å²) >= 11 is 9.03. The summed E-state index contributed by atoms with van der Waals surface area (Å²) in [5, 5.41) is 4.61. The molecule has 0 aliphatic carbocycles. The molecular formula is C12H10BrClN2O2. The van der Waals surface area contributed by atoms with Crippen molar-refractivity contribution in [3.8, 4) is 5.75 Å². The van der Waals surface area contributed by atoms with Gasteiger partial charge in [-0.3, -0.25) is 9.48 Å². The number of nitrogens with zero attached hydrogens (tertiary/aromatic N) is 2.